The number of nitrogen functional groups attached to an aromatic ring is 1. The number of aryl methyl sites for hydroxylation is 1. The van der Waals surface area contributed by atoms with Crippen molar-refractivity contribution in [2.24, 2.45) is 0 Å². The molecule has 250 valence electrons. The van der Waals surface area contributed by atoms with E-state index in [1.807, 2.05) is 12.3 Å². The number of nitrogens with one attached hydrogen (secondary N) is 1. The number of alkyl halides is 1. The molecule has 17 nitrogen and oxygen atoms in total. The maximum Gasteiger partial charge on any atom is 0.264 e. The van der Waals surface area contributed by atoms with E-state index in [1.165, 1.54) is 24.3 Å². The minimum absolute atomic E-state index is 0.0706. The second-order valence-electron chi connectivity index (χ2n) is 11.8. The summed E-state index contributed by atoms with van der Waals surface area (Å²) in [7, 11) is 4.59. The van der Waals surface area contributed by atoms with E-state index >= 15 is 4.39 Å². The molecule has 8 heterocycles. The molecule has 3 fully saturated rings. The van der Waals surface area contributed by atoms with Gasteiger partial charge in [0.2, 0.25) is 15.1 Å². The Morgan fingerprint density at radius 2 is 1.73 bits per heavy atom. The lowest BCUT2D eigenvalue weighted by molar-refractivity contribution is -0.0587. The molecule has 3 N–H and O–H groups in total. The predicted molar refractivity (Wildman–Crippen MR) is 168 cm³/mol. The first kappa shape index (κ1) is 32.3. The van der Waals surface area contributed by atoms with Gasteiger partial charge in [0.25, 0.3) is 14.9 Å². The number of aromatic nitrogens is 6. The number of nitrogens with zero attached hydrogens (tertiary/aromatic N) is 6. The van der Waals surface area contributed by atoms with Gasteiger partial charge in [-0.15, -0.1) is 0 Å². The zero-order valence-corrected chi connectivity index (χ0v) is 27.2. The highest BCUT2D eigenvalue weighted by Gasteiger charge is 2.53. The molecule has 4 aromatic rings. The van der Waals surface area contributed by atoms with Crippen molar-refractivity contribution in [3.05, 3.63) is 36.7 Å². The van der Waals surface area contributed by atoms with Crippen molar-refractivity contribution in [2.75, 3.05) is 37.9 Å². The number of pyridine rings is 1. The summed E-state index contributed by atoms with van der Waals surface area (Å²) in [5.74, 6) is 0.0706. The molecule has 0 aliphatic carbocycles. The standard InChI is InChI=1S/C26H29B2FN8O9P2/c1-40-21-20-15(44-26(21)36-7-12-3-2-5-31-13-4-6-32-23(36)16(12)13)9-42-47(27,38)45-19-14(8-41-48(28,39)46-20)43-25(17(19)29)37-11-35-18-22(30)33-10-34-24(18)37/h4,6-7,10-11,14-15,17,19-21,25-26,31H,2-3,5,8-9H2,1H3,(H2,30,33,34)/t14-,15-,17?,19+,20?,21+,25-,26-,47?,48?/m1/s1. The number of imidazole rings is 1. The van der Waals surface area contributed by atoms with Crippen LogP contribution in [-0.2, 0) is 47.9 Å². The number of methoxy groups -OCH3 is 1. The number of ether oxygens (including phenoxy) is 3. The zero-order chi connectivity index (χ0) is 33.4. The maximum atomic E-state index is 16.1. The summed E-state index contributed by atoms with van der Waals surface area (Å²) in [4.78, 5) is 16.7. The van der Waals surface area contributed by atoms with Crippen LogP contribution in [0.5, 0.6) is 0 Å². The van der Waals surface area contributed by atoms with Crippen molar-refractivity contribution in [3.63, 3.8) is 0 Å². The Kier molecular flexibility index (Phi) is 8.17. The van der Waals surface area contributed by atoms with Gasteiger partial charge in [-0.2, -0.15) is 0 Å². The van der Waals surface area contributed by atoms with Gasteiger partial charge in [0.1, 0.15) is 48.0 Å². The van der Waals surface area contributed by atoms with Crippen LogP contribution in [0.2, 0.25) is 0 Å². The summed E-state index contributed by atoms with van der Waals surface area (Å²) in [6.45, 7) is -0.288. The summed E-state index contributed by atoms with van der Waals surface area (Å²) in [5, 5.41) is 4.36. The van der Waals surface area contributed by atoms with Crippen molar-refractivity contribution in [1.82, 2.24) is 29.1 Å². The molecule has 0 saturated carbocycles. The molecule has 0 amide bonds. The smallest absolute Gasteiger partial charge is 0.264 e. The van der Waals surface area contributed by atoms with Gasteiger partial charge in [-0.3, -0.25) is 13.7 Å². The highest BCUT2D eigenvalue weighted by Crippen LogP contribution is 2.54. The lowest BCUT2D eigenvalue weighted by atomic mass is 10.1. The van der Waals surface area contributed by atoms with Gasteiger partial charge in [0.05, 0.1) is 19.5 Å². The quantitative estimate of drug-likeness (QED) is 0.233. The molecule has 4 aromatic heterocycles. The second kappa shape index (κ2) is 12.1. The minimum Gasteiger partial charge on any atom is -0.384 e. The molecule has 0 aromatic carbocycles. The fourth-order valence-electron chi connectivity index (χ4n) is 6.72. The Morgan fingerprint density at radius 3 is 2.50 bits per heavy atom. The topological polar surface area (TPSA) is 198 Å². The highest BCUT2D eigenvalue weighted by molar-refractivity contribution is 7.79. The van der Waals surface area contributed by atoms with Gasteiger partial charge in [0.15, 0.2) is 30.1 Å². The maximum absolute atomic E-state index is 16.1. The van der Waals surface area contributed by atoms with Crippen LogP contribution in [0.3, 0.4) is 0 Å². The third-order valence-corrected chi connectivity index (χ3v) is 11.0. The number of hydrogen-bond acceptors (Lipinski definition) is 15. The van der Waals surface area contributed by atoms with E-state index in [0.29, 0.717) is 5.65 Å². The van der Waals surface area contributed by atoms with Crippen LogP contribution in [0.4, 0.5) is 15.9 Å². The first-order chi connectivity index (χ1) is 23.0. The molecule has 10 atom stereocenters. The fourth-order valence-corrected chi connectivity index (χ4v) is 8.74. The molecule has 0 spiro atoms. The van der Waals surface area contributed by atoms with E-state index in [1.54, 1.807) is 10.8 Å². The third-order valence-electron chi connectivity index (χ3n) is 8.86. The highest BCUT2D eigenvalue weighted by atomic mass is 31.2. The van der Waals surface area contributed by atoms with Crippen molar-refractivity contribution in [3.8, 4) is 0 Å². The molecule has 3 saturated heterocycles. The molecule has 4 radical (unpaired) electrons. The average Bonchev–Trinajstić information content (AvgIpc) is 3.77. The summed E-state index contributed by atoms with van der Waals surface area (Å²) in [6, 6.07) is 1.90. The van der Waals surface area contributed by atoms with Crippen LogP contribution in [0.15, 0.2) is 31.1 Å². The monoisotopic (exact) mass is 700 g/mol. The Bertz CT molecular complexity index is 1970. The number of anilines is 2. The SMILES string of the molecule is [B]P1(=O)OC[C@H]2O[C@@H](n3cnc4c(N)ncnc43)C(F)[C@H]2OP([B])(=O)OC[C@H]2O[C@@H](n3cc4c5c(ccnc53)NCCC4)[C@@H](OC)C2O1. The molecule has 4 aliphatic heterocycles. The minimum atomic E-state index is -4.50. The average molecular weight is 700 g/mol. The fraction of sp³-hybridized carbons (Fsp3) is 0.538. The Hall–Kier alpha value is -2.92. The lowest BCUT2D eigenvalue weighted by Crippen LogP contribution is -2.39. The largest absolute Gasteiger partial charge is 0.384 e. The Morgan fingerprint density at radius 1 is 1.00 bits per heavy atom. The van der Waals surface area contributed by atoms with Crippen molar-refractivity contribution < 1.29 is 45.8 Å². The Labute approximate surface area is 275 Å². The van der Waals surface area contributed by atoms with Crippen molar-refractivity contribution in [2.45, 2.75) is 62.0 Å². The second-order valence-corrected chi connectivity index (χ2v) is 14.9. The molecule has 0 bridgehead atoms. The van der Waals surface area contributed by atoms with E-state index in [2.05, 4.69) is 25.3 Å². The summed E-state index contributed by atoms with van der Waals surface area (Å²) >= 11 is 0. The van der Waals surface area contributed by atoms with Crippen molar-refractivity contribution >= 4 is 63.8 Å². The molecule has 4 unspecified atom stereocenters. The number of hydrogen-bond donors (Lipinski definition) is 2. The summed E-state index contributed by atoms with van der Waals surface area (Å²) in [5.41, 5.74) is 8.86. The molecular weight excluding hydrogens is 671 g/mol. The normalized spacial score (nSPS) is 37.3. The van der Waals surface area contributed by atoms with E-state index in [0.717, 1.165) is 36.0 Å². The lowest BCUT2D eigenvalue weighted by Gasteiger charge is -2.30. The molecule has 8 rings (SSSR count). The van der Waals surface area contributed by atoms with Gasteiger partial charge in [-0.05, 0) is 24.5 Å². The summed E-state index contributed by atoms with van der Waals surface area (Å²) < 4.78 is 86.9. The van der Waals surface area contributed by atoms with Gasteiger partial charge < -0.3 is 47.9 Å². The van der Waals surface area contributed by atoms with E-state index in [4.69, 9.17) is 53.2 Å². The number of rotatable bonds is 3. The van der Waals surface area contributed by atoms with Gasteiger partial charge in [-0.25, -0.2) is 24.3 Å². The van der Waals surface area contributed by atoms with Gasteiger partial charge in [-0.1, -0.05) is 0 Å². The first-order valence-corrected chi connectivity index (χ1v) is 18.3. The van der Waals surface area contributed by atoms with E-state index in [9.17, 15) is 9.13 Å². The molecular formula is C26H29B2FN8O9P2. The number of nitrogens with two attached hydrogens (primary N) is 1. The van der Waals surface area contributed by atoms with E-state index < -0.39 is 77.3 Å². The van der Waals surface area contributed by atoms with E-state index in [-0.39, 0.29) is 17.0 Å². The van der Waals surface area contributed by atoms with Gasteiger partial charge in [0, 0.05) is 37.1 Å². The molecule has 22 heteroatoms. The number of halogens is 1. The predicted octanol–water partition coefficient (Wildman–Crippen LogP) is 2.33. The van der Waals surface area contributed by atoms with Crippen LogP contribution < -0.4 is 11.1 Å². The first-order valence-electron chi connectivity index (χ1n) is 15.1. The summed E-state index contributed by atoms with van der Waals surface area (Å²) in [6.07, 6.45) is -2.71. The molecule has 4 aliphatic rings. The van der Waals surface area contributed by atoms with Crippen LogP contribution in [0.25, 0.3) is 22.2 Å². The molecule has 48 heavy (non-hydrogen) atoms. The van der Waals surface area contributed by atoms with Gasteiger partial charge >= 0.3 is 0 Å². The zero-order valence-electron chi connectivity index (χ0n) is 25.4. The van der Waals surface area contributed by atoms with Crippen LogP contribution in [0, 0.1) is 0 Å². The van der Waals surface area contributed by atoms with Crippen LogP contribution in [0.1, 0.15) is 24.4 Å². The Balaban J connectivity index is 1.09. The van der Waals surface area contributed by atoms with Crippen LogP contribution >= 0.6 is 14.9 Å². The third kappa shape index (κ3) is 5.56. The van der Waals surface area contributed by atoms with Crippen molar-refractivity contribution in [1.29, 1.82) is 0 Å². The van der Waals surface area contributed by atoms with Crippen LogP contribution in [-0.4, -0.2) is 108 Å². The number of fused-ring (bicyclic) bond motifs is 3.